The number of hydrogen-bond acceptors (Lipinski definition) is 4. The Morgan fingerprint density at radius 1 is 1.41 bits per heavy atom. The van der Waals surface area contributed by atoms with Crippen molar-refractivity contribution < 1.29 is 9.59 Å². The average molecular weight is 302 g/mol. The molecule has 6 heteroatoms. The molecular formula is C16H22N4O2. The fourth-order valence-corrected chi connectivity index (χ4v) is 1.88. The molecule has 0 fully saturated rings. The fraction of sp³-hybridized carbons (Fsp3) is 0.312. The number of hydrogen-bond donors (Lipinski definition) is 2. The van der Waals surface area contributed by atoms with Gasteiger partial charge in [-0.1, -0.05) is 32.4 Å². The topological polar surface area (TPSA) is 87.8 Å². The van der Waals surface area contributed by atoms with Gasteiger partial charge in [0, 0.05) is 19.5 Å². The van der Waals surface area contributed by atoms with Crippen molar-refractivity contribution in [1.29, 1.82) is 0 Å². The van der Waals surface area contributed by atoms with Crippen molar-refractivity contribution in [1.82, 2.24) is 0 Å². The summed E-state index contributed by atoms with van der Waals surface area (Å²) in [7, 11) is 1.55. The van der Waals surface area contributed by atoms with E-state index in [0.29, 0.717) is 11.4 Å². The van der Waals surface area contributed by atoms with Gasteiger partial charge in [0.2, 0.25) is 5.91 Å². The minimum absolute atomic E-state index is 0.0370. The van der Waals surface area contributed by atoms with E-state index in [2.05, 4.69) is 24.2 Å². The summed E-state index contributed by atoms with van der Waals surface area (Å²) in [6, 6.07) is 7.10. The molecule has 0 radical (unpaired) electrons. The molecule has 0 saturated carbocycles. The Morgan fingerprint density at radius 2 is 2.05 bits per heavy atom. The van der Waals surface area contributed by atoms with E-state index in [9.17, 15) is 9.59 Å². The molecule has 1 aromatic carbocycles. The minimum atomic E-state index is -0.351. The molecular weight excluding hydrogens is 280 g/mol. The zero-order valence-corrected chi connectivity index (χ0v) is 13.2. The lowest BCUT2D eigenvalue weighted by atomic mass is 10.1. The smallest absolute Gasteiger partial charge is 0.261 e. The summed E-state index contributed by atoms with van der Waals surface area (Å²) in [5.74, 6) is -0.591. The second kappa shape index (κ2) is 8.61. The summed E-state index contributed by atoms with van der Waals surface area (Å²) in [5, 5.41) is 2.72. The summed E-state index contributed by atoms with van der Waals surface area (Å²) in [4.78, 5) is 29.1. The monoisotopic (exact) mass is 302 g/mol. The summed E-state index contributed by atoms with van der Waals surface area (Å²) in [6.07, 6.45) is 3.81. The lowest BCUT2D eigenvalue weighted by Crippen LogP contribution is -2.43. The Morgan fingerprint density at radius 3 is 2.64 bits per heavy atom. The number of para-hydroxylation sites is 2. The molecule has 1 aromatic rings. The molecule has 1 aliphatic rings. The zero-order valence-electron chi connectivity index (χ0n) is 13.2. The van der Waals surface area contributed by atoms with Crippen LogP contribution >= 0.6 is 0 Å². The number of nitrogens with two attached hydrogens (primary N) is 1. The Hall–Kier alpha value is -2.63. The van der Waals surface area contributed by atoms with Gasteiger partial charge in [-0.05, 0) is 12.1 Å². The van der Waals surface area contributed by atoms with Gasteiger partial charge >= 0.3 is 0 Å². The molecule has 2 rings (SSSR count). The Balaban J connectivity index is 0.000000745. The molecule has 0 unspecified atom stereocenters. The molecule has 1 aliphatic heterocycles. The lowest BCUT2D eigenvalue weighted by molar-refractivity contribution is -0.119. The maximum absolute atomic E-state index is 12.3. The number of rotatable bonds is 2. The normalized spacial score (nSPS) is 14.0. The highest BCUT2D eigenvalue weighted by Gasteiger charge is 2.27. The van der Waals surface area contributed by atoms with E-state index in [1.54, 1.807) is 31.3 Å². The molecule has 0 aliphatic carbocycles. The van der Waals surface area contributed by atoms with Crippen molar-refractivity contribution in [3.63, 3.8) is 0 Å². The second-order valence-electron chi connectivity index (χ2n) is 4.67. The van der Waals surface area contributed by atoms with E-state index in [1.807, 2.05) is 0 Å². The van der Waals surface area contributed by atoms with Gasteiger partial charge in [-0.3, -0.25) is 19.5 Å². The van der Waals surface area contributed by atoms with Crippen LogP contribution in [0.5, 0.6) is 0 Å². The zero-order chi connectivity index (χ0) is 16.5. The van der Waals surface area contributed by atoms with Crippen LogP contribution in [-0.2, 0) is 9.59 Å². The van der Waals surface area contributed by atoms with Crippen LogP contribution in [0.2, 0.25) is 0 Å². The third-order valence-electron chi connectivity index (χ3n) is 2.71. The fourth-order valence-electron chi connectivity index (χ4n) is 1.88. The highest BCUT2D eigenvalue weighted by molar-refractivity contribution is 6.22. The van der Waals surface area contributed by atoms with Crippen LogP contribution in [-0.4, -0.2) is 31.6 Å². The molecule has 1 heterocycles. The summed E-state index contributed by atoms with van der Waals surface area (Å²) >= 11 is 0. The molecule has 22 heavy (non-hydrogen) atoms. The van der Waals surface area contributed by atoms with E-state index in [4.69, 9.17) is 5.73 Å². The molecule has 6 nitrogen and oxygen atoms in total. The summed E-state index contributed by atoms with van der Waals surface area (Å²) in [6.45, 7) is 4.21. The number of nitrogens with zero attached hydrogens (tertiary/aromatic N) is 2. The second-order valence-corrected chi connectivity index (χ2v) is 4.67. The first-order valence-electron chi connectivity index (χ1n) is 7.13. The van der Waals surface area contributed by atoms with Crippen molar-refractivity contribution in [3.05, 3.63) is 36.0 Å². The molecule has 3 N–H and O–H groups in total. The number of anilines is 2. The van der Waals surface area contributed by atoms with Crippen LogP contribution in [0.15, 0.2) is 41.0 Å². The summed E-state index contributed by atoms with van der Waals surface area (Å²) in [5.41, 5.74) is 6.92. The third-order valence-corrected chi connectivity index (χ3v) is 2.71. The summed E-state index contributed by atoms with van der Waals surface area (Å²) < 4.78 is 0. The number of benzene rings is 1. The van der Waals surface area contributed by atoms with E-state index in [1.165, 1.54) is 23.7 Å². The van der Waals surface area contributed by atoms with Gasteiger partial charge in [0.05, 0.1) is 16.9 Å². The van der Waals surface area contributed by atoms with Gasteiger partial charge in [0.1, 0.15) is 6.54 Å². The van der Waals surface area contributed by atoms with Crippen LogP contribution in [0.3, 0.4) is 0 Å². The van der Waals surface area contributed by atoms with Crippen molar-refractivity contribution in [2.24, 2.45) is 10.7 Å². The van der Waals surface area contributed by atoms with Crippen molar-refractivity contribution in [2.45, 2.75) is 20.3 Å². The number of amides is 2. The molecule has 0 atom stereocenters. The number of nitrogens with one attached hydrogen (secondary N) is 1. The SMILES string of the molecule is CCC.CN=C/C(=C\N)C(=O)N1CC(=O)Nc2ccccc21. The Bertz CT molecular complexity index is 594. The van der Waals surface area contributed by atoms with Gasteiger partial charge in [0.15, 0.2) is 0 Å². The number of carbonyl (C=O) groups is 2. The standard InChI is InChI=1S/C13H14N4O2.C3H8/c1-15-7-9(6-14)13(19)17-8-12(18)16-10-4-2-3-5-11(10)17;1-3-2/h2-7H,8,14H2,1H3,(H,16,18);3H2,1-2H3/b9-6+,15-7?;. The number of fused-ring (bicyclic) bond motifs is 1. The van der Waals surface area contributed by atoms with E-state index < -0.39 is 0 Å². The quantitative estimate of drug-likeness (QED) is 0.646. The van der Waals surface area contributed by atoms with Gasteiger partial charge in [-0.15, -0.1) is 0 Å². The largest absolute Gasteiger partial charge is 0.404 e. The van der Waals surface area contributed by atoms with E-state index >= 15 is 0 Å². The van der Waals surface area contributed by atoms with E-state index in [-0.39, 0.29) is 23.9 Å². The van der Waals surface area contributed by atoms with Crippen molar-refractivity contribution in [3.8, 4) is 0 Å². The minimum Gasteiger partial charge on any atom is -0.404 e. The molecule has 118 valence electrons. The van der Waals surface area contributed by atoms with Crippen LogP contribution in [0.25, 0.3) is 0 Å². The Kier molecular flexibility index (Phi) is 6.82. The predicted octanol–water partition coefficient (Wildman–Crippen LogP) is 1.93. The molecule has 2 amide bonds. The molecule has 0 spiro atoms. The number of aliphatic imine (C=N–C) groups is 1. The first-order chi connectivity index (χ1) is 10.6. The van der Waals surface area contributed by atoms with Gasteiger partial charge in [-0.2, -0.15) is 0 Å². The lowest BCUT2D eigenvalue weighted by Gasteiger charge is -2.29. The van der Waals surface area contributed by atoms with Crippen LogP contribution < -0.4 is 16.0 Å². The maximum atomic E-state index is 12.3. The molecule has 0 aromatic heterocycles. The highest BCUT2D eigenvalue weighted by atomic mass is 16.2. The van der Waals surface area contributed by atoms with Crippen molar-refractivity contribution >= 4 is 29.4 Å². The first-order valence-corrected chi connectivity index (χ1v) is 7.13. The third kappa shape index (κ3) is 4.18. The number of carbonyl (C=O) groups excluding carboxylic acids is 2. The van der Waals surface area contributed by atoms with Gasteiger partial charge in [-0.25, -0.2) is 0 Å². The van der Waals surface area contributed by atoms with Gasteiger partial charge < -0.3 is 11.1 Å². The van der Waals surface area contributed by atoms with Crippen LogP contribution in [0, 0.1) is 0 Å². The highest BCUT2D eigenvalue weighted by Crippen LogP contribution is 2.29. The predicted molar refractivity (Wildman–Crippen MR) is 90.1 cm³/mol. The molecule has 0 bridgehead atoms. The van der Waals surface area contributed by atoms with E-state index in [0.717, 1.165) is 0 Å². The molecule has 0 saturated heterocycles. The van der Waals surface area contributed by atoms with Crippen LogP contribution in [0.1, 0.15) is 20.3 Å². The van der Waals surface area contributed by atoms with Crippen molar-refractivity contribution in [2.75, 3.05) is 23.8 Å². The van der Waals surface area contributed by atoms with Crippen LogP contribution in [0.4, 0.5) is 11.4 Å². The first kappa shape index (κ1) is 17.4. The maximum Gasteiger partial charge on any atom is 0.261 e. The Labute approximate surface area is 130 Å². The average Bonchev–Trinajstić information content (AvgIpc) is 2.52. The van der Waals surface area contributed by atoms with Gasteiger partial charge in [0.25, 0.3) is 5.91 Å².